The standard InChI is InChI=1S/C16H24N2O5S/c1-18(2)16(20)10-12-8-9-14(15(11-19)23-12)17-24(21,22)13-6-4-3-5-7-13/h3-7,12,14-15,17,19H,8-11H2,1-2H3/t12-,14-,15-/m0/s1. The molecule has 0 aromatic heterocycles. The van der Waals surface area contributed by atoms with Gasteiger partial charge in [-0.1, -0.05) is 18.2 Å². The number of amides is 1. The molecule has 0 unspecified atom stereocenters. The van der Waals surface area contributed by atoms with E-state index < -0.39 is 22.2 Å². The van der Waals surface area contributed by atoms with Crippen molar-refractivity contribution in [3.05, 3.63) is 30.3 Å². The van der Waals surface area contributed by atoms with Gasteiger partial charge in [-0.15, -0.1) is 0 Å². The first-order valence-corrected chi connectivity index (χ1v) is 9.35. The second-order valence-corrected chi connectivity index (χ2v) is 7.80. The molecule has 0 radical (unpaired) electrons. The lowest BCUT2D eigenvalue weighted by Crippen LogP contribution is -2.51. The maximum atomic E-state index is 12.4. The van der Waals surface area contributed by atoms with Crippen LogP contribution < -0.4 is 4.72 Å². The second-order valence-electron chi connectivity index (χ2n) is 6.09. The van der Waals surface area contributed by atoms with Crippen LogP contribution in [0.25, 0.3) is 0 Å². The van der Waals surface area contributed by atoms with Crippen LogP contribution in [0.4, 0.5) is 0 Å². The molecule has 0 aliphatic carbocycles. The lowest BCUT2D eigenvalue weighted by molar-refractivity contribution is -0.137. The summed E-state index contributed by atoms with van der Waals surface area (Å²) in [6, 6.07) is 7.55. The minimum atomic E-state index is -3.67. The van der Waals surface area contributed by atoms with E-state index in [1.807, 2.05) is 0 Å². The largest absolute Gasteiger partial charge is 0.394 e. The monoisotopic (exact) mass is 356 g/mol. The van der Waals surface area contributed by atoms with Gasteiger partial charge in [-0.05, 0) is 25.0 Å². The number of ether oxygens (including phenoxy) is 1. The highest BCUT2D eigenvalue weighted by molar-refractivity contribution is 7.89. The lowest BCUT2D eigenvalue weighted by atomic mass is 9.98. The number of aliphatic hydroxyl groups excluding tert-OH is 1. The van der Waals surface area contributed by atoms with Crippen molar-refractivity contribution in [3.63, 3.8) is 0 Å². The SMILES string of the molecule is CN(C)C(=O)C[C@@H]1CC[C@H](NS(=O)(=O)c2ccccc2)[C@H](CO)O1. The summed E-state index contributed by atoms with van der Waals surface area (Å²) in [5.74, 6) is -0.0555. The summed E-state index contributed by atoms with van der Waals surface area (Å²) in [4.78, 5) is 13.4. The molecule has 1 aliphatic heterocycles. The van der Waals surface area contributed by atoms with E-state index in [-0.39, 0.29) is 29.9 Å². The molecule has 1 aromatic carbocycles. The van der Waals surface area contributed by atoms with Crippen LogP contribution in [0, 0.1) is 0 Å². The van der Waals surface area contributed by atoms with Crippen LogP contribution in [-0.2, 0) is 19.6 Å². The van der Waals surface area contributed by atoms with Crippen LogP contribution in [-0.4, -0.2) is 63.3 Å². The van der Waals surface area contributed by atoms with Crippen molar-refractivity contribution >= 4 is 15.9 Å². The van der Waals surface area contributed by atoms with Crippen molar-refractivity contribution in [3.8, 4) is 0 Å². The smallest absolute Gasteiger partial charge is 0.240 e. The highest BCUT2D eigenvalue weighted by Crippen LogP contribution is 2.23. The number of nitrogens with zero attached hydrogens (tertiary/aromatic N) is 1. The van der Waals surface area contributed by atoms with Crippen molar-refractivity contribution in [1.29, 1.82) is 0 Å². The molecule has 1 aromatic rings. The molecule has 1 fully saturated rings. The Labute approximate surface area is 142 Å². The maximum Gasteiger partial charge on any atom is 0.240 e. The Morgan fingerprint density at radius 3 is 2.54 bits per heavy atom. The number of aliphatic hydroxyl groups is 1. The van der Waals surface area contributed by atoms with Gasteiger partial charge in [-0.3, -0.25) is 4.79 Å². The van der Waals surface area contributed by atoms with Crippen molar-refractivity contribution in [2.24, 2.45) is 0 Å². The normalized spacial score (nSPS) is 24.5. The van der Waals surface area contributed by atoms with Gasteiger partial charge in [0.15, 0.2) is 0 Å². The minimum absolute atomic E-state index is 0.0555. The molecule has 1 saturated heterocycles. The van der Waals surface area contributed by atoms with Crippen molar-refractivity contribution in [2.45, 2.75) is 42.4 Å². The van der Waals surface area contributed by atoms with Crippen LogP contribution in [0.2, 0.25) is 0 Å². The van der Waals surface area contributed by atoms with E-state index in [4.69, 9.17) is 4.74 Å². The predicted molar refractivity (Wildman–Crippen MR) is 88.8 cm³/mol. The molecule has 134 valence electrons. The second kappa shape index (κ2) is 8.06. The van der Waals surface area contributed by atoms with Gasteiger partial charge >= 0.3 is 0 Å². The third-order valence-corrected chi connectivity index (χ3v) is 5.56. The summed E-state index contributed by atoms with van der Waals surface area (Å²) in [6.07, 6.45) is 0.300. The number of carbonyl (C=O) groups excluding carboxylic acids is 1. The van der Waals surface area contributed by atoms with Crippen LogP contribution in [0.3, 0.4) is 0 Å². The Balaban J connectivity index is 2.01. The van der Waals surface area contributed by atoms with E-state index in [9.17, 15) is 18.3 Å². The van der Waals surface area contributed by atoms with E-state index in [1.165, 1.54) is 17.0 Å². The van der Waals surface area contributed by atoms with Gasteiger partial charge in [-0.25, -0.2) is 13.1 Å². The summed E-state index contributed by atoms with van der Waals surface area (Å²) in [6.45, 7) is -0.311. The van der Waals surface area contributed by atoms with E-state index in [0.29, 0.717) is 12.8 Å². The third-order valence-electron chi connectivity index (χ3n) is 4.06. The topological polar surface area (TPSA) is 95.9 Å². The lowest BCUT2D eigenvalue weighted by Gasteiger charge is -2.36. The van der Waals surface area contributed by atoms with Crippen molar-refractivity contribution < 1.29 is 23.1 Å². The number of nitrogens with one attached hydrogen (secondary N) is 1. The average molecular weight is 356 g/mol. The first kappa shape index (κ1) is 18.9. The highest BCUT2D eigenvalue weighted by Gasteiger charge is 2.34. The molecule has 7 nitrogen and oxygen atoms in total. The quantitative estimate of drug-likeness (QED) is 0.767. The Bertz CT molecular complexity index is 648. The number of sulfonamides is 1. The number of carbonyl (C=O) groups is 1. The van der Waals surface area contributed by atoms with E-state index in [0.717, 1.165) is 0 Å². The van der Waals surface area contributed by atoms with Crippen LogP contribution in [0.5, 0.6) is 0 Å². The fourth-order valence-electron chi connectivity index (χ4n) is 2.66. The predicted octanol–water partition coefficient (Wildman–Crippen LogP) is 0.352. The molecule has 24 heavy (non-hydrogen) atoms. The molecular weight excluding hydrogens is 332 g/mol. The van der Waals surface area contributed by atoms with E-state index in [1.54, 1.807) is 32.3 Å². The van der Waals surface area contributed by atoms with Crippen LogP contribution in [0.15, 0.2) is 35.2 Å². The number of rotatable bonds is 6. The van der Waals surface area contributed by atoms with Gasteiger partial charge in [0.2, 0.25) is 15.9 Å². The van der Waals surface area contributed by atoms with Crippen molar-refractivity contribution in [2.75, 3.05) is 20.7 Å². The molecule has 0 saturated carbocycles. The number of hydrogen-bond acceptors (Lipinski definition) is 5. The molecule has 2 rings (SSSR count). The van der Waals surface area contributed by atoms with Gasteiger partial charge in [-0.2, -0.15) is 0 Å². The van der Waals surface area contributed by atoms with Gasteiger partial charge < -0.3 is 14.7 Å². The molecular formula is C16H24N2O5S. The third kappa shape index (κ3) is 4.76. The summed E-state index contributed by atoms with van der Waals surface area (Å²) in [7, 11) is -0.329. The van der Waals surface area contributed by atoms with E-state index >= 15 is 0 Å². The molecule has 2 N–H and O–H groups in total. The fraction of sp³-hybridized carbons (Fsp3) is 0.562. The zero-order valence-electron chi connectivity index (χ0n) is 13.9. The summed E-state index contributed by atoms with van der Waals surface area (Å²) in [5.41, 5.74) is 0. The Hall–Kier alpha value is -1.48. The molecule has 0 bridgehead atoms. The van der Waals surface area contributed by atoms with Crippen LogP contribution >= 0.6 is 0 Å². The molecule has 3 atom stereocenters. The number of hydrogen-bond donors (Lipinski definition) is 2. The van der Waals surface area contributed by atoms with Crippen LogP contribution in [0.1, 0.15) is 19.3 Å². The molecule has 1 aliphatic rings. The summed E-state index contributed by atoms with van der Waals surface area (Å²) in [5, 5.41) is 9.53. The zero-order chi connectivity index (χ0) is 17.7. The minimum Gasteiger partial charge on any atom is -0.394 e. The molecule has 1 amide bonds. The average Bonchev–Trinajstić information content (AvgIpc) is 2.56. The molecule has 8 heteroatoms. The zero-order valence-corrected chi connectivity index (χ0v) is 14.7. The Morgan fingerprint density at radius 2 is 1.96 bits per heavy atom. The fourth-order valence-corrected chi connectivity index (χ4v) is 3.98. The Kier molecular flexibility index (Phi) is 6.34. The summed E-state index contributed by atoms with van der Waals surface area (Å²) >= 11 is 0. The van der Waals surface area contributed by atoms with Crippen molar-refractivity contribution in [1.82, 2.24) is 9.62 Å². The Morgan fingerprint density at radius 1 is 1.29 bits per heavy atom. The molecule has 1 heterocycles. The van der Waals surface area contributed by atoms with Gasteiger partial charge in [0, 0.05) is 14.1 Å². The highest BCUT2D eigenvalue weighted by atomic mass is 32.2. The number of benzene rings is 1. The van der Waals surface area contributed by atoms with Gasteiger partial charge in [0.1, 0.15) is 0 Å². The first-order valence-electron chi connectivity index (χ1n) is 7.87. The van der Waals surface area contributed by atoms with Gasteiger partial charge in [0.05, 0.1) is 36.2 Å². The van der Waals surface area contributed by atoms with E-state index in [2.05, 4.69) is 4.72 Å². The first-order chi connectivity index (χ1) is 11.3. The molecule has 0 spiro atoms. The maximum absolute atomic E-state index is 12.4. The van der Waals surface area contributed by atoms with Gasteiger partial charge in [0.25, 0.3) is 0 Å². The summed E-state index contributed by atoms with van der Waals surface area (Å²) < 4.78 is 33.1.